The lowest BCUT2D eigenvalue weighted by atomic mass is 9.99. The summed E-state index contributed by atoms with van der Waals surface area (Å²) in [7, 11) is 0. The SMILES string of the molecule is Cc1cc(-c2nc(N3CCCC(CN)C3)n[nH]2)c(C)o1. The Labute approximate surface area is 118 Å². The second-order valence-corrected chi connectivity index (χ2v) is 5.50. The van der Waals surface area contributed by atoms with E-state index in [4.69, 9.17) is 10.2 Å². The van der Waals surface area contributed by atoms with E-state index in [1.54, 1.807) is 0 Å². The molecule has 6 heteroatoms. The molecular formula is C14H21N5O. The van der Waals surface area contributed by atoms with Gasteiger partial charge in [0, 0.05) is 13.1 Å². The number of nitrogens with one attached hydrogen (secondary N) is 1. The van der Waals surface area contributed by atoms with Crippen LogP contribution in [-0.2, 0) is 0 Å². The minimum absolute atomic E-state index is 0.545. The highest BCUT2D eigenvalue weighted by Gasteiger charge is 2.22. The summed E-state index contributed by atoms with van der Waals surface area (Å²) in [5, 5.41) is 7.36. The lowest BCUT2D eigenvalue weighted by Crippen LogP contribution is -2.38. The first-order valence-corrected chi connectivity index (χ1v) is 7.12. The Kier molecular flexibility index (Phi) is 3.48. The molecule has 3 heterocycles. The third-order valence-corrected chi connectivity index (χ3v) is 3.90. The molecule has 0 spiro atoms. The highest BCUT2D eigenvalue weighted by atomic mass is 16.3. The zero-order chi connectivity index (χ0) is 14.1. The standard InChI is InChI=1S/C14H21N5O/c1-9-6-12(10(2)20-9)13-16-14(18-17-13)19-5-3-4-11(7-15)8-19/h6,11H,3-5,7-8,15H2,1-2H3,(H,16,17,18). The number of H-pyrrole nitrogens is 1. The number of rotatable bonds is 3. The number of hydrogen-bond donors (Lipinski definition) is 2. The molecule has 1 fully saturated rings. The van der Waals surface area contributed by atoms with Crippen LogP contribution in [0.3, 0.4) is 0 Å². The molecule has 1 atom stereocenters. The van der Waals surface area contributed by atoms with Gasteiger partial charge in [-0.25, -0.2) is 0 Å². The van der Waals surface area contributed by atoms with Crippen LogP contribution in [0.4, 0.5) is 5.95 Å². The normalized spacial score (nSPS) is 19.6. The smallest absolute Gasteiger partial charge is 0.245 e. The Morgan fingerprint density at radius 1 is 1.50 bits per heavy atom. The van der Waals surface area contributed by atoms with Crippen LogP contribution in [0.2, 0.25) is 0 Å². The average Bonchev–Trinajstić information content (AvgIpc) is 3.05. The number of piperidine rings is 1. The number of anilines is 1. The summed E-state index contributed by atoms with van der Waals surface area (Å²) in [4.78, 5) is 6.82. The van der Waals surface area contributed by atoms with Crippen molar-refractivity contribution in [3.8, 4) is 11.4 Å². The van der Waals surface area contributed by atoms with E-state index < -0.39 is 0 Å². The van der Waals surface area contributed by atoms with Gasteiger partial charge in [0.25, 0.3) is 0 Å². The van der Waals surface area contributed by atoms with E-state index in [0.29, 0.717) is 5.92 Å². The van der Waals surface area contributed by atoms with Gasteiger partial charge in [0.2, 0.25) is 5.95 Å². The van der Waals surface area contributed by atoms with Gasteiger partial charge in [-0.15, -0.1) is 5.10 Å². The summed E-state index contributed by atoms with van der Waals surface area (Å²) in [6.45, 7) is 6.54. The van der Waals surface area contributed by atoms with E-state index in [1.807, 2.05) is 19.9 Å². The Balaban J connectivity index is 1.81. The number of hydrogen-bond acceptors (Lipinski definition) is 5. The van der Waals surface area contributed by atoms with Crippen LogP contribution in [-0.4, -0.2) is 34.8 Å². The second kappa shape index (κ2) is 5.28. The van der Waals surface area contributed by atoms with Crippen LogP contribution < -0.4 is 10.6 Å². The van der Waals surface area contributed by atoms with Crippen molar-refractivity contribution in [2.24, 2.45) is 11.7 Å². The summed E-state index contributed by atoms with van der Waals surface area (Å²) in [6, 6.07) is 1.98. The molecule has 2 aromatic heterocycles. The maximum atomic E-state index is 5.77. The van der Waals surface area contributed by atoms with Gasteiger partial charge < -0.3 is 15.1 Å². The molecule has 0 amide bonds. The van der Waals surface area contributed by atoms with Gasteiger partial charge in [0.1, 0.15) is 11.5 Å². The van der Waals surface area contributed by atoms with Gasteiger partial charge in [-0.2, -0.15) is 4.98 Å². The molecule has 0 aromatic carbocycles. The van der Waals surface area contributed by atoms with Crippen molar-refractivity contribution in [1.82, 2.24) is 15.2 Å². The third kappa shape index (κ3) is 2.43. The van der Waals surface area contributed by atoms with Crippen molar-refractivity contribution in [3.05, 3.63) is 17.6 Å². The largest absolute Gasteiger partial charge is 0.466 e. The van der Waals surface area contributed by atoms with Crippen molar-refractivity contribution in [2.75, 3.05) is 24.5 Å². The second-order valence-electron chi connectivity index (χ2n) is 5.50. The highest BCUT2D eigenvalue weighted by molar-refractivity contribution is 5.59. The topological polar surface area (TPSA) is 84.0 Å². The number of aromatic amines is 1. The molecule has 2 aromatic rings. The number of nitrogens with zero attached hydrogens (tertiary/aromatic N) is 3. The van der Waals surface area contributed by atoms with E-state index in [9.17, 15) is 0 Å². The molecule has 0 radical (unpaired) electrons. The van der Waals surface area contributed by atoms with Crippen molar-refractivity contribution in [1.29, 1.82) is 0 Å². The molecule has 20 heavy (non-hydrogen) atoms. The third-order valence-electron chi connectivity index (χ3n) is 3.90. The molecule has 3 rings (SSSR count). The Bertz CT molecular complexity index is 588. The van der Waals surface area contributed by atoms with E-state index in [0.717, 1.165) is 54.9 Å². The molecular weight excluding hydrogens is 254 g/mol. The van der Waals surface area contributed by atoms with Crippen LogP contribution in [0.1, 0.15) is 24.4 Å². The summed E-state index contributed by atoms with van der Waals surface area (Å²) < 4.78 is 5.54. The van der Waals surface area contributed by atoms with Crippen LogP contribution in [0.15, 0.2) is 10.5 Å². The van der Waals surface area contributed by atoms with E-state index in [-0.39, 0.29) is 0 Å². The van der Waals surface area contributed by atoms with Crippen LogP contribution >= 0.6 is 0 Å². The van der Waals surface area contributed by atoms with Crippen molar-refractivity contribution in [2.45, 2.75) is 26.7 Å². The highest BCUT2D eigenvalue weighted by Crippen LogP contribution is 2.26. The van der Waals surface area contributed by atoms with Crippen LogP contribution in [0.25, 0.3) is 11.4 Å². The minimum atomic E-state index is 0.545. The zero-order valence-corrected chi connectivity index (χ0v) is 12.0. The number of aryl methyl sites for hydroxylation is 2. The Morgan fingerprint density at radius 3 is 3.05 bits per heavy atom. The minimum Gasteiger partial charge on any atom is -0.466 e. The van der Waals surface area contributed by atoms with Gasteiger partial charge in [-0.3, -0.25) is 5.10 Å². The van der Waals surface area contributed by atoms with Crippen molar-refractivity contribution in [3.63, 3.8) is 0 Å². The molecule has 0 saturated carbocycles. The summed E-state index contributed by atoms with van der Waals surface area (Å²) >= 11 is 0. The molecule has 0 aliphatic carbocycles. The van der Waals surface area contributed by atoms with Gasteiger partial charge in [0.15, 0.2) is 5.82 Å². The quantitative estimate of drug-likeness (QED) is 0.893. The first kappa shape index (κ1) is 13.2. The summed E-state index contributed by atoms with van der Waals surface area (Å²) in [5.74, 6) is 3.82. The van der Waals surface area contributed by atoms with Gasteiger partial charge in [-0.05, 0) is 45.2 Å². The number of furan rings is 1. The van der Waals surface area contributed by atoms with E-state index >= 15 is 0 Å². The predicted octanol–water partition coefficient (Wildman–Crippen LogP) is 1.86. The fourth-order valence-corrected chi connectivity index (χ4v) is 2.82. The molecule has 108 valence electrons. The average molecular weight is 275 g/mol. The molecule has 1 aliphatic rings. The predicted molar refractivity (Wildman–Crippen MR) is 77.6 cm³/mol. The van der Waals surface area contributed by atoms with Gasteiger partial charge >= 0.3 is 0 Å². The molecule has 3 N–H and O–H groups in total. The fraction of sp³-hybridized carbons (Fsp3) is 0.571. The number of nitrogens with two attached hydrogens (primary N) is 1. The van der Waals surface area contributed by atoms with Crippen molar-refractivity contribution >= 4 is 5.95 Å². The van der Waals surface area contributed by atoms with Crippen LogP contribution in [0, 0.1) is 19.8 Å². The van der Waals surface area contributed by atoms with E-state index in [2.05, 4.69) is 20.1 Å². The molecule has 0 bridgehead atoms. The molecule has 1 saturated heterocycles. The Hall–Kier alpha value is -1.82. The lowest BCUT2D eigenvalue weighted by Gasteiger charge is -2.31. The summed E-state index contributed by atoms with van der Waals surface area (Å²) in [5.41, 5.74) is 6.75. The molecule has 1 aliphatic heterocycles. The molecule has 6 nitrogen and oxygen atoms in total. The molecule has 1 unspecified atom stereocenters. The maximum absolute atomic E-state index is 5.77. The monoisotopic (exact) mass is 275 g/mol. The first-order valence-electron chi connectivity index (χ1n) is 7.12. The van der Waals surface area contributed by atoms with E-state index in [1.165, 1.54) is 6.42 Å². The Morgan fingerprint density at radius 2 is 2.35 bits per heavy atom. The summed E-state index contributed by atoms with van der Waals surface area (Å²) in [6.07, 6.45) is 2.35. The van der Waals surface area contributed by atoms with Gasteiger partial charge in [0.05, 0.1) is 5.56 Å². The number of aromatic nitrogens is 3. The van der Waals surface area contributed by atoms with Gasteiger partial charge in [-0.1, -0.05) is 0 Å². The lowest BCUT2D eigenvalue weighted by molar-refractivity contribution is 0.420. The zero-order valence-electron chi connectivity index (χ0n) is 12.0. The fourth-order valence-electron chi connectivity index (χ4n) is 2.82. The maximum Gasteiger partial charge on any atom is 0.245 e. The first-order chi connectivity index (χ1) is 9.67. The van der Waals surface area contributed by atoms with Crippen molar-refractivity contribution < 1.29 is 4.42 Å². The van der Waals surface area contributed by atoms with Crippen LogP contribution in [0.5, 0.6) is 0 Å².